The van der Waals surface area contributed by atoms with Crippen molar-refractivity contribution in [2.24, 2.45) is 0 Å². The Hall–Kier alpha value is -0.480. The zero-order chi connectivity index (χ0) is 11.3. The first-order valence-corrected chi connectivity index (χ1v) is 6.50. The second-order valence-electron chi connectivity index (χ2n) is 3.38. The molecule has 1 rings (SSSR count). The van der Waals surface area contributed by atoms with E-state index in [0.29, 0.717) is 11.3 Å². The molecule has 0 bridgehead atoms. The number of nitrogens with one attached hydrogen (secondary N) is 1. The molecule has 84 valence electrons. The van der Waals surface area contributed by atoms with Crippen LogP contribution in [0.5, 0.6) is 0 Å². The van der Waals surface area contributed by atoms with E-state index in [-0.39, 0.29) is 0 Å². The van der Waals surface area contributed by atoms with Gasteiger partial charge in [-0.25, -0.2) is 9.97 Å². The topological polar surface area (TPSA) is 37.8 Å². The first kappa shape index (κ1) is 12.6. The van der Waals surface area contributed by atoms with E-state index in [1.54, 1.807) is 6.20 Å². The highest BCUT2D eigenvalue weighted by molar-refractivity contribution is 7.99. The molecule has 1 aromatic heterocycles. The molecular formula is C10H16ClN3S. The minimum Gasteiger partial charge on any atom is -0.366 e. The van der Waals surface area contributed by atoms with Crippen LogP contribution >= 0.6 is 23.4 Å². The molecular weight excluding hydrogens is 230 g/mol. The van der Waals surface area contributed by atoms with Gasteiger partial charge in [0.15, 0.2) is 0 Å². The lowest BCUT2D eigenvalue weighted by Crippen LogP contribution is -2.19. The number of aryl methyl sites for hydroxylation is 1. The highest BCUT2D eigenvalue weighted by Crippen LogP contribution is 2.15. The zero-order valence-corrected chi connectivity index (χ0v) is 10.8. The number of aromatic nitrogens is 2. The Balaban J connectivity index is 2.59. The van der Waals surface area contributed by atoms with Crippen LogP contribution in [0.4, 0.5) is 5.82 Å². The molecule has 1 unspecified atom stereocenters. The van der Waals surface area contributed by atoms with E-state index in [1.807, 2.05) is 18.7 Å². The summed E-state index contributed by atoms with van der Waals surface area (Å²) >= 11 is 7.64. The van der Waals surface area contributed by atoms with Gasteiger partial charge >= 0.3 is 0 Å². The highest BCUT2D eigenvalue weighted by atomic mass is 35.5. The van der Waals surface area contributed by atoms with Gasteiger partial charge in [0.05, 0.1) is 0 Å². The number of nitrogens with zero attached hydrogens (tertiary/aromatic N) is 2. The number of thioether (sulfide) groups is 1. The van der Waals surface area contributed by atoms with Gasteiger partial charge in [-0.05, 0) is 31.2 Å². The smallest absolute Gasteiger partial charge is 0.224 e. The van der Waals surface area contributed by atoms with Gasteiger partial charge in [0, 0.05) is 23.6 Å². The molecule has 1 N–H and O–H groups in total. The summed E-state index contributed by atoms with van der Waals surface area (Å²) in [5, 5.41) is 3.62. The highest BCUT2D eigenvalue weighted by Gasteiger charge is 2.06. The summed E-state index contributed by atoms with van der Waals surface area (Å²) in [6.07, 6.45) is 1.73. The molecule has 0 spiro atoms. The molecule has 0 saturated heterocycles. The van der Waals surface area contributed by atoms with Crippen LogP contribution in [0.3, 0.4) is 0 Å². The quantitative estimate of drug-likeness (QED) is 0.810. The van der Waals surface area contributed by atoms with Crippen molar-refractivity contribution in [3.8, 4) is 0 Å². The molecule has 0 aliphatic heterocycles. The van der Waals surface area contributed by atoms with E-state index < -0.39 is 0 Å². The summed E-state index contributed by atoms with van der Waals surface area (Å²) in [7, 11) is 0. The lowest BCUT2D eigenvalue weighted by molar-refractivity contribution is 0.894. The molecule has 1 heterocycles. The third-order valence-corrected chi connectivity index (χ3v) is 3.22. The molecule has 15 heavy (non-hydrogen) atoms. The Bertz CT molecular complexity index is 320. The fraction of sp³-hybridized carbons (Fsp3) is 0.600. The van der Waals surface area contributed by atoms with Crippen molar-refractivity contribution in [2.45, 2.75) is 26.8 Å². The number of halogens is 1. The average molecular weight is 246 g/mol. The Morgan fingerprint density at radius 2 is 2.33 bits per heavy atom. The van der Waals surface area contributed by atoms with Crippen LogP contribution in [-0.2, 0) is 0 Å². The van der Waals surface area contributed by atoms with Crippen molar-refractivity contribution < 1.29 is 0 Å². The second kappa shape index (κ2) is 6.18. The molecule has 0 fully saturated rings. The minimum absolute atomic E-state index is 0.290. The van der Waals surface area contributed by atoms with E-state index in [9.17, 15) is 0 Å². The number of rotatable bonds is 5. The Kier molecular flexibility index (Phi) is 5.19. The average Bonchev–Trinajstić information content (AvgIpc) is 2.20. The first-order valence-electron chi connectivity index (χ1n) is 4.97. The predicted octanol–water partition coefficient (Wildman–Crippen LogP) is 2.99. The van der Waals surface area contributed by atoms with E-state index in [4.69, 9.17) is 11.6 Å². The van der Waals surface area contributed by atoms with E-state index in [0.717, 1.165) is 22.9 Å². The lowest BCUT2D eigenvalue weighted by Gasteiger charge is -2.15. The van der Waals surface area contributed by atoms with Crippen LogP contribution in [0.2, 0.25) is 5.28 Å². The van der Waals surface area contributed by atoms with Gasteiger partial charge in [-0.2, -0.15) is 11.8 Å². The van der Waals surface area contributed by atoms with Crippen LogP contribution < -0.4 is 5.32 Å². The summed E-state index contributed by atoms with van der Waals surface area (Å²) in [5.74, 6) is 3.03. The summed E-state index contributed by atoms with van der Waals surface area (Å²) < 4.78 is 0. The third-order valence-electron chi connectivity index (χ3n) is 1.90. The van der Waals surface area contributed by atoms with Crippen LogP contribution in [0.1, 0.15) is 19.4 Å². The summed E-state index contributed by atoms with van der Waals surface area (Å²) in [5.41, 5.74) is 1.02. The summed E-state index contributed by atoms with van der Waals surface area (Å²) in [6, 6.07) is 0.389. The number of hydrogen-bond acceptors (Lipinski definition) is 4. The van der Waals surface area contributed by atoms with Gasteiger partial charge in [-0.1, -0.05) is 6.92 Å². The molecule has 0 aliphatic carbocycles. The molecule has 0 amide bonds. The standard InChI is InChI=1S/C10H16ClN3S/c1-4-15-6-8(3)13-9-7(2)5-12-10(11)14-9/h5,8H,4,6H2,1-3H3,(H,12,13,14). The van der Waals surface area contributed by atoms with Crippen LogP contribution in [0.25, 0.3) is 0 Å². The number of anilines is 1. The molecule has 1 atom stereocenters. The lowest BCUT2D eigenvalue weighted by atomic mass is 10.3. The zero-order valence-electron chi connectivity index (χ0n) is 9.25. The van der Waals surface area contributed by atoms with Crippen molar-refractivity contribution in [3.05, 3.63) is 17.0 Å². The Morgan fingerprint density at radius 3 is 3.00 bits per heavy atom. The van der Waals surface area contributed by atoms with Crippen molar-refractivity contribution in [1.29, 1.82) is 0 Å². The fourth-order valence-corrected chi connectivity index (χ4v) is 1.94. The van der Waals surface area contributed by atoms with Gasteiger partial charge in [0.2, 0.25) is 5.28 Å². The van der Waals surface area contributed by atoms with Crippen molar-refractivity contribution >= 4 is 29.2 Å². The van der Waals surface area contributed by atoms with E-state index in [1.165, 1.54) is 0 Å². The maximum Gasteiger partial charge on any atom is 0.224 e. The maximum absolute atomic E-state index is 5.74. The van der Waals surface area contributed by atoms with E-state index >= 15 is 0 Å². The van der Waals surface area contributed by atoms with Crippen LogP contribution in [0, 0.1) is 6.92 Å². The molecule has 0 radical (unpaired) electrons. The normalized spacial score (nSPS) is 12.5. The first-order chi connectivity index (χ1) is 7.13. The van der Waals surface area contributed by atoms with Gasteiger partial charge < -0.3 is 5.32 Å². The van der Waals surface area contributed by atoms with Crippen LogP contribution in [0.15, 0.2) is 6.20 Å². The third kappa shape index (κ3) is 4.26. The van der Waals surface area contributed by atoms with Crippen molar-refractivity contribution in [3.63, 3.8) is 0 Å². The van der Waals surface area contributed by atoms with Crippen LogP contribution in [-0.4, -0.2) is 27.5 Å². The summed E-state index contributed by atoms with van der Waals surface area (Å²) in [6.45, 7) is 6.26. The van der Waals surface area contributed by atoms with Gasteiger partial charge in [0.25, 0.3) is 0 Å². The molecule has 5 heteroatoms. The summed E-state index contributed by atoms with van der Waals surface area (Å²) in [4.78, 5) is 8.07. The molecule has 3 nitrogen and oxygen atoms in total. The fourth-order valence-electron chi connectivity index (χ4n) is 1.14. The predicted molar refractivity (Wildman–Crippen MR) is 67.9 cm³/mol. The minimum atomic E-state index is 0.290. The Labute approximate surface area is 100 Å². The molecule has 0 aromatic carbocycles. The molecule has 0 saturated carbocycles. The number of hydrogen-bond donors (Lipinski definition) is 1. The monoisotopic (exact) mass is 245 g/mol. The van der Waals surface area contributed by atoms with Gasteiger partial charge in [-0.3, -0.25) is 0 Å². The van der Waals surface area contributed by atoms with Gasteiger partial charge in [-0.15, -0.1) is 0 Å². The maximum atomic E-state index is 5.74. The SMILES string of the molecule is CCSCC(C)Nc1nc(Cl)ncc1C. The largest absolute Gasteiger partial charge is 0.366 e. The van der Waals surface area contributed by atoms with Gasteiger partial charge in [0.1, 0.15) is 5.82 Å². The molecule has 1 aromatic rings. The Morgan fingerprint density at radius 1 is 1.60 bits per heavy atom. The molecule has 0 aliphatic rings. The van der Waals surface area contributed by atoms with Crippen molar-refractivity contribution in [2.75, 3.05) is 16.8 Å². The van der Waals surface area contributed by atoms with E-state index in [2.05, 4.69) is 29.1 Å². The second-order valence-corrected chi connectivity index (χ2v) is 5.03. The van der Waals surface area contributed by atoms with Crippen molar-refractivity contribution in [1.82, 2.24) is 9.97 Å².